The second kappa shape index (κ2) is 5.50. The summed E-state index contributed by atoms with van der Waals surface area (Å²) >= 11 is 1.14. The maximum absolute atomic E-state index is 10.5. The molecule has 0 aromatic carbocycles. The predicted molar refractivity (Wildman–Crippen MR) is 61.6 cm³/mol. The van der Waals surface area contributed by atoms with Gasteiger partial charge in [-0.15, -0.1) is 10.2 Å². The first-order chi connectivity index (χ1) is 8.20. The number of carboxylic acid groups (broad SMARTS) is 1. The van der Waals surface area contributed by atoms with Gasteiger partial charge in [0.1, 0.15) is 6.61 Å². The van der Waals surface area contributed by atoms with Gasteiger partial charge < -0.3 is 14.8 Å². The highest BCUT2D eigenvalue weighted by Crippen LogP contribution is 2.33. The average molecular weight is 257 g/mol. The predicted octanol–water partition coefficient (Wildman–Crippen LogP) is 0.747. The Hall–Kier alpha value is -1.08. The van der Waals surface area contributed by atoms with E-state index in [1.807, 2.05) is 4.57 Å². The van der Waals surface area contributed by atoms with Gasteiger partial charge in [0.2, 0.25) is 0 Å². The van der Waals surface area contributed by atoms with Crippen LogP contribution >= 0.6 is 11.8 Å². The van der Waals surface area contributed by atoms with Crippen LogP contribution in [-0.4, -0.2) is 36.7 Å². The quantitative estimate of drug-likeness (QED) is 0.701. The van der Waals surface area contributed by atoms with Crippen molar-refractivity contribution in [1.82, 2.24) is 14.8 Å². The van der Waals surface area contributed by atoms with Gasteiger partial charge in [-0.05, 0) is 12.3 Å². The van der Waals surface area contributed by atoms with Gasteiger partial charge in [-0.2, -0.15) is 0 Å². The van der Waals surface area contributed by atoms with Crippen LogP contribution < -0.4 is 0 Å². The summed E-state index contributed by atoms with van der Waals surface area (Å²) < 4.78 is 1.83. The number of aromatic nitrogens is 3. The van der Waals surface area contributed by atoms with E-state index >= 15 is 0 Å². The first-order valence-corrected chi connectivity index (χ1v) is 6.56. The van der Waals surface area contributed by atoms with Gasteiger partial charge in [-0.1, -0.05) is 24.6 Å². The van der Waals surface area contributed by atoms with Crippen molar-refractivity contribution in [2.75, 3.05) is 5.75 Å². The minimum Gasteiger partial charge on any atom is -0.481 e. The van der Waals surface area contributed by atoms with Crippen molar-refractivity contribution in [2.45, 2.75) is 37.6 Å². The summed E-state index contributed by atoms with van der Waals surface area (Å²) in [7, 11) is 0. The fraction of sp³-hybridized carbons (Fsp3) is 0.700. The summed E-state index contributed by atoms with van der Waals surface area (Å²) in [5.74, 6) is 0.379. The standard InChI is InChI=1S/C10H15N3O3S/c14-5-8-11-12-10(17-6-9(15)16)13(8)4-3-7-1-2-7/h7,14H,1-6H2,(H,15,16). The van der Waals surface area contributed by atoms with E-state index in [4.69, 9.17) is 10.2 Å². The molecule has 1 aromatic rings. The average Bonchev–Trinajstić information content (AvgIpc) is 3.04. The van der Waals surface area contributed by atoms with Crippen molar-refractivity contribution in [1.29, 1.82) is 0 Å². The molecule has 2 rings (SSSR count). The second-order valence-corrected chi connectivity index (χ2v) is 5.07. The smallest absolute Gasteiger partial charge is 0.313 e. The molecule has 1 aliphatic carbocycles. The number of hydrogen-bond donors (Lipinski definition) is 2. The Kier molecular flexibility index (Phi) is 4.01. The first-order valence-electron chi connectivity index (χ1n) is 5.58. The molecule has 1 aromatic heterocycles. The summed E-state index contributed by atoms with van der Waals surface area (Å²) in [6.07, 6.45) is 3.59. The lowest BCUT2D eigenvalue weighted by molar-refractivity contribution is -0.133. The number of aliphatic hydroxyl groups is 1. The molecular formula is C10H15N3O3S. The van der Waals surface area contributed by atoms with Crippen molar-refractivity contribution < 1.29 is 15.0 Å². The van der Waals surface area contributed by atoms with E-state index in [9.17, 15) is 4.79 Å². The number of aliphatic carboxylic acids is 1. The van der Waals surface area contributed by atoms with E-state index in [1.54, 1.807) is 0 Å². The molecule has 17 heavy (non-hydrogen) atoms. The van der Waals surface area contributed by atoms with Crippen LogP contribution in [0, 0.1) is 5.92 Å². The normalized spacial score (nSPS) is 15.1. The molecule has 0 unspecified atom stereocenters. The number of thioether (sulfide) groups is 1. The first kappa shape index (κ1) is 12.4. The van der Waals surface area contributed by atoms with Gasteiger partial charge in [0.05, 0.1) is 5.75 Å². The topological polar surface area (TPSA) is 88.2 Å². The molecule has 0 radical (unpaired) electrons. The van der Waals surface area contributed by atoms with Crippen molar-refractivity contribution in [3.05, 3.63) is 5.82 Å². The number of rotatable bonds is 7. The summed E-state index contributed by atoms with van der Waals surface area (Å²) in [5.41, 5.74) is 0. The zero-order valence-corrected chi connectivity index (χ0v) is 10.2. The van der Waals surface area contributed by atoms with Gasteiger partial charge in [-0.25, -0.2) is 0 Å². The van der Waals surface area contributed by atoms with Crippen LogP contribution in [0.15, 0.2) is 5.16 Å². The molecule has 0 amide bonds. The molecule has 2 N–H and O–H groups in total. The van der Waals surface area contributed by atoms with Crippen molar-refractivity contribution in [3.8, 4) is 0 Å². The highest BCUT2D eigenvalue weighted by atomic mass is 32.2. The maximum atomic E-state index is 10.5. The molecular weight excluding hydrogens is 242 g/mol. The molecule has 0 atom stereocenters. The Labute approximate surface area is 103 Å². The Morgan fingerprint density at radius 3 is 2.82 bits per heavy atom. The summed E-state index contributed by atoms with van der Waals surface area (Å²) in [6.45, 7) is 0.598. The molecule has 0 spiro atoms. The van der Waals surface area contributed by atoms with Gasteiger partial charge in [0, 0.05) is 6.54 Å². The Morgan fingerprint density at radius 1 is 1.47 bits per heavy atom. The van der Waals surface area contributed by atoms with Gasteiger partial charge >= 0.3 is 5.97 Å². The van der Waals surface area contributed by atoms with Crippen molar-refractivity contribution in [2.24, 2.45) is 5.92 Å². The molecule has 1 fully saturated rings. The zero-order chi connectivity index (χ0) is 12.3. The highest BCUT2D eigenvalue weighted by molar-refractivity contribution is 7.99. The Morgan fingerprint density at radius 2 is 2.24 bits per heavy atom. The van der Waals surface area contributed by atoms with Gasteiger partial charge in [-0.3, -0.25) is 4.79 Å². The summed E-state index contributed by atoms with van der Waals surface area (Å²) in [5, 5.41) is 26.1. The number of nitrogens with zero attached hydrogens (tertiary/aromatic N) is 3. The maximum Gasteiger partial charge on any atom is 0.313 e. The Balaban J connectivity index is 2.01. The molecule has 7 heteroatoms. The molecule has 94 valence electrons. The van der Waals surface area contributed by atoms with E-state index in [2.05, 4.69) is 10.2 Å². The molecule has 0 saturated heterocycles. The van der Waals surface area contributed by atoms with E-state index in [-0.39, 0.29) is 12.4 Å². The van der Waals surface area contributed by atoms with E-state index in [0.717, 1.165) is 30.6 Å². The minimum atomic E-state index is -0.878. The van der Waals surface area contributed by atoms with Crippen LogP contribution in [0.1, 0.15) is 25.1 Å². The van der Waals surface area contributed by atoms with E-state index in [1.165, 1.54) is 12.8 Å². The van der Waals surface area contributed by atoms with Crippen LogP contribution in [-0.2, 0) is 17.9 Å². The van der Waals surface area contributed by atoms with Crippen LogP contribution in [0.2, 0.25) is 0 Å². The lowest BCUT2D eigenvalue weighted by Gasteiger charge is -2.07. The third-order valence-corrected chi connectivity index (χ3v) is 3.67. The second-order valence-electron chi connectivity index (χ2n) is 4.12. The van der Waals surface area contributed by atoms with Crippen LogP contribution in [0.3, 0.4) is 0 Å². The van der Waals surface area contributed by atoms with Crippen molar-refractivity contribution in [3.63, 3.8) is 0 Å². The molecule has 0 bridgehead atoms. The third-order valence-electron chi connectivity index (χ3n) is 2.72. The fourth-order valence-corrected chi connectivity index (χ4v) is 2.32. The SMILES string of the molecule is O=C(O)CSc1nnc(CO)n1CCC1CC1. The number of hydrogen-bond acceptors (Lipinski definition) is 5. The number of aliphatic hydroxyl groups excluding tert-OH is 1. The monoisotopic (exact) mass is 257 g/mol. The van der Waals surface area contributed by atoms with E-state index in [0.29, 0.717) is 11.0 Å². The van der Waals surface area contributed by atoms with Gasteiger partial charge in [0.15, 0.2) is 11.0 Å². The zero-order valence-electron chi connectivity index (χ0n) is 9.37. The lowest BCUT2D eigenvalue weighted by atomic mass is 10.3. The number of carboxylic acids is 1. The summed E-state index contributed by atoms with van der Waals surface area (Å²) in [4.78, 5) is 10.5. The van der Waals surface area contributed by atoms with Crippen LogP contribution in [0.25, 0.3) is 0 Å². The number of carbonyl (C=O) groups is 1. The van der Waals surface area contributed by atoms with Crippen molar-refractivity contribution >= 4 is 17.7 Å². The molecule has 1 saturated carbocycles. The fourth-order valence-electron chi connectivity index (χ4n) is 1.61. The van der Waals surface area contributed by atoms with E-state index < -0.39 is 5.97 Å². The third kappa shape index (κ3) is 3.44. The summed E-state index contributed by atoms with van der Waals surface area (Å²) in [6, 6.07) is 0. The van der Waals surface area contributed by atoms with Gasteiger partial charge in [0.25, 0.3) is 0 Å². The molecule has 1 heterocycles. The highest BCUT2D eigenvalue weighted by Gasteiger charge is 2.22. The molecule has 6 nitrogen and oxygen atoms in total. The largest absolute Gasteiger partial charge is 0.481 e. The Bertz CT molecular complexity index is 404. The minimum absolute atomic E-state index is 0.0347. The lowest BCUT2D eigenvalue weighted by Crippen LogP contribution is -2.07. The van der Waals surface area contributed by atoms with Crippen LogP contribution in [0.4, 0.5) is 0 Å². The molecule has 1 aliphatic rings. The molecule has 0 aliphatic heterocycles. The van der Waals surface area contributed by atoms with Crippen LogP contribution in [0.5, 0.6) is 0 Å².